The van der Waals surface area contributed by atoms with Crippen LogP contribution < -0.4 is 13.8 Å². The van der Waals surface area contributed by atoms with Crippen molar-refractivity contribution in [3.8, 4) is 11.6 Å². The van der Waals surface area contributed by atoms with E-state index >= 15 is 0 Å². The van der Waals surface area contributed by atoms with Gasteiger partial charge < -0.3 is 14.6 Å². The average molecular weight is 513 g/mol. The molecule has 3 aromatic rings. The first-order valence-electron chi connectivity index (χ1n) is 11.7. The smallest absolute Gasteiger partial charge is 0.303 e. The van der Waals surface area contributed by atoms with Crippen molar-refractivity contribution in [1.82, 2.24) is 14.8 Å². The Morgan fingerprint density at radius 2 is 2.08 bits per heavy atom. The molecule has 0 saturated carbocycles. The van der Waals surface area contributed by atoms with E-state index in [1.165, 1.54) is 15.2 Å². The molecule has 1 aliphatic heterocycles. The van der Waals surface area contributed by atoms with Gasteiger partial charge in [-0.25, -0.2) is 8.42 Å². The van der Waals surface area contributed by atoms with Crippen LogP contribution in [0.2, 0.25) is 0 Å². The number of carbonyl (C=O) groups is 1. The van der Waals surface area contributed by atoms with Crippen molar-refractivity contribution in [3.05, 3.63) is 60.0 Å². The van der Waals surface area contributed by atoms with Crippen molar-refractivity contribution in [3.63, 3.8) is 0 Å². The van der Waals surface area contributed by atoms with Gasteiger partial charge in [0.1, 0.15) is 11.9 Å². The molecule has 0 aliphatic carbocycles. The summed E-state index contributed by atoms with van der Waals surface area (Å²) in [4.78, 5) is 15.4. The van der Waals surface area contributed by atoms with E-state index < -0.39 is 22.1 Å². The maximum atomic E-state index is 13.9. The van der Waals surface area contributed by atoms with Gasteiger partial charge in [0.2, 0.25) is 0 Å². The number of hydrogen-bond donors (Lipinski definition) is 1. The fraction of sp³-hybridized carbons (Fsp3) is 0.320. The summed E-state index contributed by atoms with van der Waals surface area (Å²) in [6, 6.07) is 10.8. The highest BCUT2D eigenvalue weighted by Crippen LogP contribution is 2.40. The molecule has 0 saturated heterocycles. The van der Waals surface area contributed by atoms with Gasteiger partial charge in [0.05, 0.1) is 24.5 Å². The summed E-state index contributed by atoms with van der Waals surface area (Å²) < 4.78 is 42.2. The number of rotatable bonds is 10. The number of fused-ring (bicyclic) bond motifs is 1. The van der Waals surface area contributed by atoms with Crippen molar-refractivity contribution in [2.24, 2.45) is 0 Å². The van der Waals surface area contributed by atoms with Crippen LogP contribution >= 0.6 is 0 Å². The number of pyridine rings is 1. The number of aromatic nitrogens is 3. The maximum Gasteiger partial charge on any atom is 0.303 e. The van der Waals surface area contributed by atoms with Crippen LogP contribution in [0.4, 0.5) is 5.69 Å². The predicted molar refractivity (Wildman–Crippen MR) is 134 cm³/mol. The Bertz CT molecular complexity index is 1350. The zero-order chi connectivity index (χ0) is 25.7. The predicted octanol–water partition coefficient (Wildman–Crippen LogP) is 3.69. The summed E-state index contributed by atoms with van der Waals surface area (Å²) in [6.07, 6.45) is 6.20. The zero-order valence-corrected chi connectivity index (χ0v) is 20.9. The van der Waals surface area contributed by atoms with Crippen LogP contribution in [0.3, 0.4) is 0 Å². The van der Waals surface area contributed by atoms with Gasteiger partial charge >= 0.3 is 5.97 Å². The van der Waals surface area contributed by atoms with Crippen LogP contribution in [0.15, 0.2) is 53.7 Å². The molecule has 11 heteroatoms. The molecule has 3 heterocycles. The highest BCUT2D eigenvalue weighted by molar-refractivity contribution is 7.93. The first-order valence-corrected chi connectivity index (χ1v) is 13.1. The summed E-state index contributed by atoms with van der Waals surface area (Å²) in [5.41, 5.74) is 1.87. The molecule has 0 spiro atoms. The molecular weight excluding hydrogens is 484 g/mol. The Kier molecular flexibility index (Phi) is 7.58. The molecule has 10 nitrogen and oxygen atoms in total. The number of anilines is 1. The molecule has 190 valence electrons. The standard InChI is InChI=1S/C25H28N4O6S/c1-3-28-17-23(25(27-28)34-4-2)36(32,33)29-16-20(11-13-24(30)31)35-22-12-9-18(15-21(22)29)8-10-19-7-5-6-14-26-19/h5-10,12,14-15,17,20H,3-4,11,13,16H2,1-2H3,(H,30,31)/b10-8+/t20-/m0/s1. The number of aryl methyl sites for hydroxylation is 1. The monoisotopic (exact) mass is 512 g/mol. The highest BCUT2D eigenvalue weighted by atomic mass is 32.2. The molecular formula is C25H28N4O6S. The van der Waals surface area contributed by atoms with Crippen LogP contribution in [0.25, 0.3) is 12.2 Å². The Morgan fingerprint density at radius 3 is 2.78 bits per heavy atom. The molecule has 0 fully saturated rings. The van der Waals surface area contributed by atoms with Gasteiger partial charge in [0.25, 0.3) is 15.9 Å². The molecule has 1 aliphatic rings. The number of aliphatic carboxylic acids is 1. The van der Waals surface area contributed by atoms with E-state index in [1.807, 2.05) is 43.3 Å². The second-order valence-electron chi connectivity index (χ2n) is 8.11. The molecule has 0 unspecified atom stereocenters. The quantitative estimate of drug-likeness (QED) is 0.436. The van der Waals surface area contributed by atoms with Crippen molar-refractivity contribution in [2.75, 3.05) is 17.5 Å². The van der Waals surface area contributed by atoms with E-state index in [-0.39, 0.29) is 36.8 Å². The van der Waals surface area contributed by atoms with Gasteiger partial charge in [0, 0.05) is 25.4 Å². The summed E-state index contributed by atoms with van der Waals surface area (Å²) in [6.45, 7) is 4.30. The fourth-order valence-electron chi connectivity index (χ4n) is 3.83. The second kappa shape index (κ2) is 10.8. The first-order chi connectivity index (χ1) is 17.3. The van der Waals surface area contributed by atoms with Crippen molar-refractivity contribution < 1.29 is 27.8 Å². The fourth-order valence-corrected chi connectivity index (χ4v) is 5.41. The number of carboxylic acid groups (broad SMARTS) is 1. The van der Waals surface area contributed by atoms with Crippen LogP contribution in [-0.2, 0) is 21.4 Å². The Balaban J connectivity index is 1.75. The van der Waals surface area contributed by atoms with Crippen molar-refractivity contribution >= 4 is 33.8 Å². The Morgan fingerprint density at radius 1 is 1.25 bits per heavy atom. The summed E-state index contributed by atoms with van der Waals surface area (Å²) in [5.74, 6) is -0.589. The summed E-state index contributed by atoms with van der Waals surface area (Å²) in [7, 11) is -4.11. The lowest BCUT2D eigenvalue weighted by Gasteiger charge is -2.35. The molecule has 0 radical (unpaired) electrons. The molecule has 4 rings (SSSR count). The van der Waals surface area contributed by atoms with E-state index in [4.69, 9.17) is 14.6 Å². The third kappa shape index (κ3) is 5.51. The van der Waals surface area contributed by atoms with Gasteiger partial charge in [-0.05, 0) is 56.2 Å². The lowest BCUT2D eigenvalue weighted by molar-refractivity contribution is -0.137. The third-order valence-corrected chi connectivity index (χ3v) is 7.36. The maximum absolute atomic E-state index is 13.9. The van der Waals surface area contributed by atoms with E-state index in [0.29, 0.717) is 18.0 Å². The minimum absolute atomic E-state index is 0.0284. The van der Waals surface area contributed by atoms with E-state index in [0.717, 1.165) is 11.3 Å². The lowest BCUT2D eigenvalue weighted by atomic mass is 10.1. The number of carboxylic acids is 1. The SMILES string of the molecule is CCOc1nn(CC)cc1S(=O)(=O)N1C[C@H](CCC(=O)O)Oc2ccc(/C=C/c3ccccn3)cc21. The highest BCUT2D eigenvalue weighted by Gasteiger charge is 2.37. The number of nitrogens with zero attached hydrogens (tertiary/aromatic N) is 4. The second-order valence-corrected chi connectivity index (χ2v) is 9.94. The van der Waals surface area contributed by atoms with Gasteiger partial charge in [-0.1, -0.05) is 18.2 Å². The van der Waals surface area contributed by atoms with E-state index in [9.17, 15) is 13.2 Å². The van der Waals surface area contributed by atoms with Crippen molar-refractivity contribution in [2.45, 2.75) is 44.2 Å². The van der Waals surface area contributed by atoms with E-state index in [1.54, 1.807) is 25.3 Å². The third-order valence-electron chi connectivity index (χ3n) is 5.60. The van der Waals surface area contributed by atoms with Crippen LogP contribution in [0.1, 0.15) is 37.9 Å². The Hall–Kier alpha value is -3.86. The summed E-state index contributed by atoms with van der Waals surface area (Å²) in [5, 5.41) is 13.4. The normalized spacial score (nSPS) is 15.5. The van der Waals surface area contributed by atoms with Crippen LogP contribution in [0, 0.1) is 0 Å². The number of benzene rings is 1. The van der Waals surface area contributed by atoms with Crippen molar-refractivity contribution in [1.29, 1.82) is 0 Å². The molecule has 1 aromatic carbocycles. The average Bonchev–Trinajstić information content (AvgIpc) is 3.30. The van der Waals surface area contributed by atoms with Gasteiger partial charge in [-0.2, -0.15) is 0 Å². The molecule has 0 bridgehead atoms. The number of hydrogen-bond acceptors (Lipinski definition) is 7. The number of ether oxygens (including phenoxy) is 2. The summed E-state index contributed by atoms with van der Waals surface area (Å²) >= 11 is 0. The lowest BCUT2D eigenvalue weighted by Crippen LogP contribution is -2.43. The minimum atomic E-state index is -4.11. The van der Waals surface area contributed by atoms with E-state index in [2.05, 4.69) is 10.1 Å². The van der Waals surface area contributed by atoms with Crippen LogP contribution in [0.5, 0.6) is 11.6 Å². The largest absolute Gasteiger partial charge is 0.486 e. The minimum Gasteiger partial charge on any atom is -0.486 e. The topological polar surface area (TPSA) is 124 Å². The first kappa shape index (κ1) is 25.2. The van der Waals surface area contributed by atoms with Gasteiger partial charge in [-0.15, -0.1) is 5.10 Å². The Labute approximate surface area is 209 Å². The van der Waals surface area contributed by atoms with Gasteiger partial charge in [-0.3, -0.25) is 18.8 Å². The zero-order valence-electron chi connectivity index (χ0n) is 20.1. The molecule has 36 heavy (non-hydrogen) atoms. The van der Waals surface area contributed by atoms with Crippen LogP contribution in [-0.4, -0.2) is 53.5 Å². The molecule has 0 amide bonds. The van der Waals surface area contributed by atoms with Gasteiger partial charge in [0.15, 0.2) is 4.90 Å². The number of sulfonamides is 1. The molecule has 1 N–H and O–H groups in total. The molecule has 2 aromatic heterocycles. The molecule has 1 atom stereocenters.